The molecular weight excluding hydrogens is 250 g/mol. The number of aromatic nitrogens is 3. The fourth-order valence-electron chi connectivity index (χ4n) is 1.80. The van der Waals surface area contributed by atoms with Gasteiger partial charge in [0.05, 0.1) is 0 Å². The molecule has 2 aromatic rings. The third kappa shape index (κ3) is 4.19. The maximum atomic E-state index is 4.49. The van der Waals surface area contributed by atoms with Crippen LogP contribution in [0, 0.1) is 6.92 Å². The first-order chi connectivity index (χ1) is 9.79. The van der Waals surface area contributed by atoms with Crippen molar-refractivity contribution in [2.24, 2.45) is 0 Å². The Hall–Kier alpha value is -2.17. The minimum atomic E-state index is 0.679. The van der Waals surface area contributed by atoms with Gasteiger partial charge in [-0.2, -0.15) is 4.98 Å². The molecule has 20 heavy (non-hydrogen) atoms. The van der Waals surface area contributed by atoms with Crippen molar-refractivity contribution in [3.63, 3.8) is 0 Å². The van der Waals surface area contributed by atoms with Crippen LogP contribution in [0.25, 0.3) is 0 Å². The van der Waals surface area contributed by atoms with Gasteiger partial charge < -0.3 is 10.6 Å². The van der Waals surface area contributed by atoms with E-state index in [1.807, 2.05) is 37.5 Å². The van der Waals surface area contributed by atoms with E-state index in [1.54, 1.807) is 0 Å². The maximum absolute atomic E-state index is 4.49. The zero-order valence-corrected chi connectivity index (χ0v) is 12.1. The molecule has 5 heteroatoms. The summed E-state index contributed by atoms with van der Waals surface area (Å²) in [6, 6.07) is 5.96. The Kier molecular flexibility index (Phi) is 5.29. The molecular formula is C15H21N5. The second-order valence-corrected chi connectivity index (χ2v) is 4.65. The zero-order chi connectivity index (χ0) is 14.2. The maximum Gasteiger partial charge on any atom is 0.224 e. The van der Waals surface area contributed by atoms with Gasteiger partial charge in [0.15, 0.2) is 0 Å². The zero-order valence-electron chi connectivity index (χ0n) is 12.1. The molecule has 2 aromatic heterocycles. The number of pyridine rings is 1. The molecule has 5 nitrogen and oxygen atoms in total. The van der Waals surface area contributed by atoms with Crippen LogP contribution in [0.2, 0.25) is 0 Å². The van der Waals surface area contributed by atoms with Crippen molar-refractivity contribution in [3.8, 4) is 0 Å². The number of nitrogens with zero attached hydrogens (tertiary/aromatic N) is 3. The number of aryl methyl sites for hydroxylation is 1. The van der Waals surface area contributed by atoms with E-state index in [9.17, 15) is 0 Å². The molecule has 0 radical (unpaired) electrons. The molecule has 0 atom stereocenters. The van der Waals surface area contributed by atoms with Crippen molar-refractivity contribution in [3.05, 3.63) is 41.9 Å². The Morgan fingerprint density at radius 1 is 1.10 bits per heavy atom. The van der Waals surface area contributed by atoms with E-state index in [2.05, 4.69) is 32.5 Å². The number of rotatable bonds is 7. The topological polar surface area (TPSA) is 62.7 Å². The van der Waals surface area contributed by atoms with Gasteiger partial charge in [-0.15, -0.1) is 0 Å². The summed E-state index contributed by atoms with van der Waals surface area (Å²) in [5, 5.41) is 6.54. The summed E-state index contributed by atoms with van der Waals surface area (Å²) in [7, 11) is 0. The van der Waals surface area contributed by atoms with Crippen molar-refractivity contribution >= 4 is 11.8 Å². The Morgan fingerprint density at radius 3 is 2.75 bits per heavy atom. The molecule has 0 unspecified atom stereocenters. The standard InChI is InChI=1S/C15H21N5/c1-3-8-18-15-19-11-12(2)14(20-15)17-10-7-13-6-4-5-9-16-13/h4-6,9,11H,3,7-8,10H2,1-2H3,(H2,17,18,19,20). The van der Waals surface area contributed by atoms with Gasteiger partial charge >= 0.3 is 0 Å². The number of anilines is 2. The molecule has 0 aromatic carbocycles. The van der Waals surface area contributed by atoms with Crippen molar-refractivity contribution in [1.29, 1.82) is 0 Å². The monoisotopic (exact) mass is 271 g/mol. The Bertz CT molecular complexity index is 527. The van der Waals surface area contributed by atoms with Gasteiger partial charge in [0, 0.05) is 43.2 Å². The second-order valence-electron chi connectivity index (χ2n) is 4.65. The van der Waals surface area contributed by atoms with Gasteiger partial charge in [-0.1, -0.05) is 13.0 Å². The highest BCUT2D eigenvalue weighted by molar-refractivity contribution is 5.46. The summed E-state index contributed by atoms with van der Waals surface area (Å²) in [5.74, 6) is 1.56. The average molecular weight is 271 g/mol. The lowest BCUT2D eigenvalue weighted by molar-refractivity contribution is 0.931. The molecule has 0 aliphatic carbocycles. The highest BCUT2D eigenvalue weighted by atomic mass is 15.1. The predicted molar refractivity (Wildman–Crippen MR) is 82.0 cm³/mol. The molecule has 0 fully saturated rings. The van der Waals surface area contributed by atoms with E-state index in [4.69, 9.17) is 0 Å². The Labute approximate surface area is 119 Å². The first-order valence-electron chi connectivity index (χ1n) is 7.01. The molecule has 0 saturated carbocycles. The SMILES string of the molecule is CCCNc1ncc(C)c(NCCc2ccccn2)n1. The normalized spacial score (nSPS) is 10.3. The fourth-order valence-corrected chi connectivity index (χ4v) is 1.80. The van der Waals surface area contributed by atoms with E-state index in [-0.39, 0.29) is 0 Å². The van der Waals surface area contributed by atoms with Gasteiger partial charge in [-0.05, 0) is 25.5 Å². The third-order valence-corrected chi connectivity index (χ3v) is 2.90. The van der Waals surface area contributed by atoms with Crippen molar-refractivity contribution in [2.45, 2.75) is 26.7 Å². The molecule has 0 spiro atoms. The van der Waals surface area contributed by atoms with Gasteiger partial charge in [-0.25, -0.2) is 4.98 Å². The van der Waals surface area contributed by atoms with E-state index in [1.165, 1.54) is 0 Å². The molecule has 0 aliphatic heterocycles. The quantitative estimate of drug-likeness (QED) is 0.810. The largest absolute Gasteiger partial charge is 0.369 e. The molecule has 106 valence electrons. The van der Waals surface area contributed by atoms with E-state index in [0.717, 1.165) is 43.0 Å². The molecule has 0 saturated heterocycles. The molecule has 0 amide bonds. The van der Waals surface area contributed by atoms with Crippen molar-refractivity contribution in [1.82, 2.24) is 15.0 Å². The van der Waals surface area contributed by atoms with Crippen molar-refractivity contribution in [2.75, 3.05) is 23.7 Å². The van der Waals surface area contributed by atoms with Gasteiger partial charge in [0.1, 0.15) is 5.82 Å². The van der Waals surface area contributed by atoms with Crippen LogP contribution in [-0.2, 0) is 6.42 Å². The van der Waals surface area contributed by atoms with E-state index < -0.39 is 0 Å². The fraction of sp³-hybridized carbons (Fsp3) is 0.400. The number of hydrogen-bond acceptors (Lipinski definition) is 5. The number of hydrogen-bond donors (Lipinski definition) is 2. The first-order valence-corrected chi connectivity index (χ1v) is 7.01. The van der Waals surface area contributed by atoms with E-state index in [0.29, 0.717) is 5.95 Å². The van der Waals surface area contributed by atoms with Crippen molar-refractivity contribution < 1.29 is 0 Å². The van der Waals surface area contributed by atoms with Gasteiger partial charge in [0.25, 0.3) is 0 Å². The summed E-state index contributed by atoms with van der Waals surface area (Å²) in [5.41, 5.74) is 2.13. The highest BCUT2D eigenvalue weighted by Crippen LogP contribution is 2.12. The van der Waals surface area contributed by atoms with E-state index >= 15 is 0 Å². The molecule has 2 heterocycles. The van der Waals surface area contributed by atoms with Crippen LogP contribution in [-0.4, -0.2) is 28.0 Å². The highest BCUT2D eigenvalue weighted by Gasteiger charge is 2.03. The van der Waals surface area contributed by atoms with Gasteiger partial charge in [-0.3, -0.25) is 4.98 Å². The minimum Gasteiger partial charge on any atom is -0.369 e. The van der Waals surface area contributed by atoms with Crippen LogP contribution in [0.1, 0.15) is 24.6 Å². The van der Waals surface area contributed by atoms with Crippen LogP contribution in [0.5, 0.6) is 0 Å². The lowest BCUT2D eigenvalue weighted by Crippen LogP contribution is -2.11. The van der Waals surface area contributed by atoms with Crippen LogP contribution in [0.4, 0.5) is 11.8 Å². The summed E-state index contributed by atoms with van der Waals surface area (Å²) in [6.07, 6.45) is 5.59. The predicted octanol–water partition coefficient (Wildman–Crippen LogP) is 2.66. The number of nitrogens with one attached hydrogen (secondary N) is 2. The summed E-state index contributed by atoms with van der Waals surface area (Å²) < 4.78 is 0. The Morgan fingerprint density at radius 2 is 2.00 bits per heavy atom. The minimum absolute atomic E-state index is 0.679. The lowest BCUT2D eigenvalue weighted by atomic mass is 10.2. The van der Waals surface area contributed by atoms with Crippen LogP contribution in [0.15, 0.2) is 30.6 Å². The smallest absolute Gasteiger partial charge is 0.224 e. The summed E-state index contributed by atoms with van der Waals surface area (Å²) in [6.45, 7) is 5.82. The van der Waals surface area contributed by atoms with Crippen LogP contribution < -0.4 is 10.6 Å². The average Bonchev–Trinajstić information content (AvgIpc) is 2.49. The third-order valence-electron chi connectivity index (χ3n) is 2.90. The van der Waals surface area contributed by atoms with Gasteiger partial charge in [0.2, 0.25) is 5.95 Å². The summed E-state index contributed by atoms with van der Waals surface area (Å²) >= 11 is 0. The molecule has 0 aliphatic rings. The van der Waals surface area contributed by atoms with Crippen LogP contribution >= 0.6 is 0 Å². The molecule has 2 N–H and O–H groups in total. The second kappa shape index (κ2) is 7.43. The summed E-state index contributed by atoms with van der Waals surface area (Å²) in [4.78, 5) is 13.1. The van der Waals surface area contributed by atoms with Crippen LogP contribution in [0.3, 0.4) is 0 Å². The first kappa shape index (κ1) is 14.2. The lowest BCUT2D eigenvalue weighted by Gasteiger charge is -2.10. The molecule has 0 bridgehead atoms. The molecule has 2 rings (SSSR count). The Balaban J connectivity index is 1.91.